The summed E-state index contributed by atoms with van der Waals surface area (Å²) in [5, 5.41) is 3.51. The van der Waals surface area contributed by atoms with E-state index in [0.717, 1.165) is 11.5 Å². The minimum Gasteiger partial charge on any atom is -0.406 e. The van der Waals surface area contributed by atoms with Gasteiger partial charge in [-0.2, -0.15) is 0 Å². The van der Waals surface area contributed by atoms with Crippen molar-refractivity contribution in [2.24, 2.45) is 5.92 Å². The second kappa shape index (κ2) is 6.04. The van der Waals surface area contributed by atoms with E-state index < -0.39 is 6.36 Å². The largest absolute Gasteiger partial charge is 0.573 e. The highest BCUT2D eigenvalue weighted by atomic mass is 19.4. The number of hydrogen-bond donors (Lipinski definition) is 1. The van der Waals surface area contributed by atoms with Gasteiger partial charge in [-0.25, -0.2) is 0 Å². The van der Waals surface area contributed by atoms with Gasteiger partial charge in [-0.1, -0.05) is 25.5 Å². The van der Waals surface area contributed by atoms with Gasteiger partial charge >= 0.3 is 6.36 Å². The number of halogens is 3. The molecule has 1 aromatic rings. The van der Waals surface area contributed by atoms with Gasteiger partial charge < -0.3 is 10.1 Å². The molecule has 1 aromatic carbocycles. The first-order chi connectivity index (χ1) is 9.39. The van der Waals surface area contributed by atoms with Crippen LogP contribution < -0.4 is 10.1 Å². The fourth-order valence-corrected chi connectivity index (χ4v) is 2.52. The minimum atomic E-state index is -4.63. The van der Waals surface area contributed by atoms with Gasteiger partial charge in [0, 0.05) is 12.1 Å². The molecule has 0 bridgehead atoms. The fraction of sp³-hybridized carbons (Fsp3) is 0.600. The Balaban J connectivity index is 1.86. The molecule has 20 heavy (non-hydrogen) atoms. The lowest BCUT2D eigenvalue weighted by Gasteiger charge is -2.15. The molecule has 1 fully saturated rings. The van der Waals surface area contributed by atoms with E-state index in [1.165, 1.54) is 31.4 Å². The first-order valence-electron chi connectivity index (χ1n) is 7.01. The average molecular weight is 287 g/mol. The number of hydrogen-bond acceptors (Lipinski definition) is 2. The maximum Gasteiger partial charge on any atom is 0.573 e. The van der Waals surface area contributed by atoms with Gasteiger partial charge in [0.05, 0.1) is 0 Å². The van der Waals surface area contributed by atoms with Crippen LogP contribution in [-0.2, 0) is 0 Å². The number of benzene rings is 1. The normalized spacial score (nSPS) is 23.4. The number of rotatable bonds is 6. The van der Waals surface area contributed by atoms with Crippen LogP contribution in [0, 0.1) is 5.92 Å². The van der Waals surface area contributed by atoms with E-state index in [-0.39, 0.29) is 11.8 Å². The van der Waals surface area contributed by atoms with Gasteiger partial charge in [-0.15, -0.1) is 13.2 Å². The maximum absolute atomic E-state index is 12.1. The fourth-order valence-electron chi connectivity index (χ4n) is 2.52. The molecule has 2 nitrogen and oxygen atoms in total. The molecule has 0 amide bonds. The van der Waals surface area contributed by atoms with Crippen LogP contribution in [0.3, 0.4) is 0 Å². The van der Waals surface area contributed by atoms with E-state index in [2.05, 4.69) is 17.0 Å². The zero-order chi connectivity index (χ0) is 14.8. The molecule has 0 heterocycles. The molecule has 1 aliphatic rings. The highest BCUT2D eigenvalue weighted by Crippen LogP contribution is 2.36. The monoisotopic (exact) mass is 287 g/mol. The number of ether oxygens (including phenoxy) is 1. The van der Waals surface area contributed by atoms with Crippen LogP contribution in [0.25, 0.3) is 0 Å². The highest BCUT2D eigenvalue weighted by Gasteiger charge is 2.36. The smallest absolute Gasteiger partial charge is 0.406 e. The number of alkyl halides is 3. The summed E-state index contributed by atoms with van der Waals surface area (Å²) in [6.07, 6.45) is -0.996. The molecule has 0 saturated heterocycles. The van der Waals surface area contributed by atoms with E-state index in [9.17, 15) is 13.2 Å². The average Bonchev–Trinajstić information content (AvgIpc) is 3.06. The van der Waals surface area contributed by atoms with Gasteiger partial charge in [0.25, 0.3) is 0 Å². The summed E-state index contributed by atoms with van der Waals surface area (Å²) in [6.45, 7) is 4.21. The van der Waals surface area contributed by atoms with E-state index in [1.807, 2.05) is 6.92 Å². The van der Waals surface area contributed by atoms with Gasteiger partial charge in [0.2, 0.25) is 0 Å². The molecule has 2 rings (SSSR count). The Hall–Kier alpha value is -1.23. The molecule has 0 radical (unpaired) electrons. The van der Waals surface area contributed by atoms with Crippen molar-refractivity contribution in [2.75, 3.05) is 0 Å². The lowest BCUT2D eigenvalue weighted by Crippen LogP contribution is -2.22. The van der Waals surface area contributed by atoms with Crippen molar-refractivity contribution in [1.29, 1.82) is 0 Å². The molecular weight excluding hydrogens is 267 g/mol. The summed E-state index contributed by atoms with van der Waals surface area (Å²) in [7, 11) is 0. The summed E-state index contributed by atoms with van der Waals surface area (Å²) in [5.41, 5.74) is 0.974. The van der Waals surface area contributed by atoms with Crippen molar-refractivity contribution in [2.45, 2.75) is 51.6 Å². The lowest BCUT2D eigenvalue weighted by atomic mass is 10.1. The van der Waals surface area contributed by atoms with Crippen molar-refractivity contribution in [3.05, 3.63) is 29.8 Å². The Morgan fingerprint density at radius 2 is 1.95 bits per heavy atom. The standard InChI is InChI=1S/C15H20F3NO/c1-3-4-12-9-14(12)19-10(2)11-5-7-13(8-6-11)20-15(16,17)18/h5-8,10,12,14,19H,3-4,9H2,1-2H3. The molecule has 5 heteroatoms. The summed E-state index contributed by atoms with van der Waals surface area (Å²) < 4.78 is 40.0. The molecule has 1 aliphatic carbocycles. The third-order valence-electron chi connectivity index (χ3n) is 3.66. The third kappa shape index (κ3) is 4.40. The van der Waals surface area contributed by atoms with Crippen LogP contribution in [0.2, 0.25) is 0 Å². The Kier molecular flexibility index (Phi) is 4.58. The zero-order valence-electron chi connectivity index (χ0n) is 11.7. The summed E-state index contributed by atoms with van der Waals surface area (Å²) in [4.78, 5) is 0. The van der Waals surface area contributed by atoms with Crippen molar-refractivity contribution in [1.82, 2.24) is 5.32 Å². The Morgan fingerprint density at radius 1 is 1.30 bits per heavy atom. The minimum absolute atomic E-state index is 0.141. The maximum atomic E-state index is 12.1. The van der Waals surface area contributed by atoms with Crippen molar-refractivity contribution < 1.29 is 17.9 Å². The molecule has 1 N–H and O–H groups in total. The molecule has 0 spiro atoms. The molecule has 1 saturated carbocycles. The molecule has 112 valence electrons. The molecule has 0 aliphatic heterocycles. The van der Waals surface area contributed by atoms with Gasteiger partial charge in [0.15, 0.2) is 0 Å². The molecule has 3 atom stereocenters. The highest BCUT2D eigenvalue weighted by molar-refractivity contribution is 5.29. The molecular formula is C15H20F3NO. The Labute approximate surface area is 117 Å². The molecule has 3 unspecified atom stereocenters. The lowest BCUT2D eigenvalue weighted by molar-refractivity contribution is -0.274. The second-order valence-corrected chi connectivity index (χ2v) is 5.40. The van der Waals surface area contributed by atoms with Crippen LogP contribution in [0.1, 0.15) is 44.7 Å². The summed E-state index contributed by atoms with van der Waals surface area (Å²) in [5.74, 6) is 0.582. The van der Waals surface area contributed by atoms with Gasteiger partial charge in [-0.3, -0.25) is 0 Å². The van der Waals surface area contributed by atoms with E-state index in [4.69, 9.17) is 0 Å². The summed E-state index contributed by atoms with van der Waals surface area (Å²) >= 11 is 0. The number of nitrogens with one attached hydrogen (secondary N) is 1. The Morgan fingerprint density at radius 3 is 2.50 bits per heavy atom. The Bertz CT molecular complexity index is 430. The van der Waals surface area contributed by atoms with Gasteiger partial charge in [-0.05, 0) is 43.4 Å². The van der Waals surface area contributed by atoms with Crippen LogP contribution in [0.4, 0.5) is 13.2 Å². The van der Waals surface area contributed by atoms with Crippen LogP contribution in [0.5, 0.6) is 5.75 Å². The summed E-state index contributed by atoms with van der Waals surface area (Å²) in [6, 6.07) is 6.76. The van der Waals surface area contributed by atoms with E-state index >= 15 is 0 Å². The predicted molar refractivity (Wildman–Crippen MR) is 71.5 cm³/mol. The SMILES string of the molecule is CCCC1CC1NC(C)c1ccc(OC(F)(F)F)cc1. The van der Waals surface area contributed by atoms with Crippen LogP contribution in [-0.4, -0.2) is 12.4 Å². The predicted octanol–water partition coefficient (Wildman–Crippen LogP) is 4.42. The van der Waals surface area contributed by atoms with Crippen molar-refractivity contribution >= 4 is 0 Å². The van der Waals surface area contributed by atoms with E-state index in [0.29, 0.717) is 6.04 Å². The van der Waals surface area contributed by atoms with Gasteiger partial charge in [0.1, 0.15) is 5.75 Å². The third-order valence-corrected chi connectivity index (χ3v) is 3.66. The van der Waals surface area contributed by atoms with Crippen LogP contribution >= 0.6 is 0 Å². The van der Waals surface area contributed by atoms with Crippen molar-refractivity contribution in [3.63, 3.8) is 0 Å². The first-order valence-corrected chi connectivity index (χ1v) is 7.01. The first kappa shape index (κ1) is 15.2. The second-order valence-electron chi connectivity index (χ2n) is 5.40. The van der Waals surface area contributed by atoms with Crippen molar-refractivity contribution in [3.8, 4) is 5.75 Å². The quantitative estimate of drug-likeness (QED) is 0.836. The topological polar surface area (TPSA) is 21.3 Å². The molecule has 0 aromatic heterocycles. The van der Waals surface area contributed by atoms with E-state index in [1.54, 1.807) is 12.1 Å². The van der Waals surface area contributed by atoms with Crippen LogP contribution in [0.15, 0.2) is 24.3 Å². The zero-order valence-corrected chi connectivity index (χ0v) is 11.7.